The van der Waals surface area contributed by atoms with Crippen molar-refractivity contribution < 1.29 is 28.6 Å². The van der Waals surface area contributed by atoms with Crippen molar-refractivity contribution in [3.8, 4) is 0 Å². The van der Waals surface area contributed by atoms with E-state index in [0.29, 0.717) is 32.5 Å². The van der Waals surface area contributed by atoms with E-state index in [2.05, 4.69) is 30.9 Å². The molecule has 0 atom stereocenters. The fourth-order valence-electron chi connectivity index (χ4n) is 6.98. The number of carbonyl (C=O) groups is 3. The van der Waals surface area contributed by atoms with Gasteiger partial charge in [-0.05, 0) is 91.3 Å². The molecule has 0 N–H and O–H groups in total. The Kier molecular flexibility index (Phi) is 42.3. The Morgan fingerprint density at radius 1 is 0.429 bits per heavy atom. The zero-order valence-electron chi connectivity index (χ0n) is 37.4. The van der Waals surface area contributed by atoms with Gasteiger partial charge in [0.1, 0.15) is 19.3 Å². The number of rotatable bonds is 43. The van der Waals surface area contributed by atoms with Gasteiger partial charge < -0.3 is 19.1 Å². The fraction of sp³-hybridized carbons (Fsp3) is 0.857. The van der Waals surface area contributed by atoms with Crippen LogP contribution in [-0.2, 0) is 28.6 Å². The molecule has 0 amide bonds. The highest BCUT2D eigenvalue weighted by Gasteiger charge is 2.14. The number of nitrogens with zero attached hydrogens (tertiary/aromatic N) is 1. The Hall–Kier alpha value is -2.15. The minimum absolute atomic E-state index is 0.0287. The van der Waals surface area contributed by atoms with E-state index in [4.69, 9.17) is 14.2 Å². The van der Waals surface area contributed by atoms with Crippen molar-refractivity contribution in [1.82, 2.24) is 4.90 Å². The minimum Gasteiger partial charge on any atom is -0.462 e. The first-order chi connectivity index (χ1) is 27.4. The summed E-state index contributed by atoms with van der Waals surface area (Å²) >= 11 is 0. The molecule has 0 aliphatic rings. The summed E-state index contributed by atoms with van der Waals surface area (Å²) < 4.78 is 16.7. The van der Waals surface area contributed by atoms with Crippen LogP contribution in [0.25, 0.3) is 0 Å². The van der Waals surface area contributed by atoms with Crippen LogP contribution in [0.5, 0.6) is 0 Å². The first kappa shape index (κ1) is 53.9. The summed E-state index contributed by atoms with van der Waals surface area (Å²) in [5, 5.41) is 0. The van der Waals surface area contributed by atoms with Gasteiger partial charge >= 0.3 is 17.9 Å². The van der Waals surface area contributed by atoms with E-state index >= 15 is 0 Å². The van der Waals surface area contributed by atoms with Gasteiger partial charge in [0.15, 0.2) is 0 Å². The van der Waals surface area contributed by atoms with Crippen LogP contribution in [0, 0.1) is 0 Å². The lowest BCUT2D eigenvalue weighted by Gasteiger charge is -2.18. The molecule has 0 unspecified atom stereocenters. The number of hydrogen-bond acceptors (Lipinski definition) is 7. The van der Waals surface area contributed by atoms with Gasteiger partial charge in [0.25, 0.3) is 0 Å². The molecule has 0 aromatic heterocycles. The largest absolute Gasteiger partial charge is 0.462 e. The number of esters is 3. The Bertz CT molecular complexity index is 872. The molecule has 0 aromatic rings. The van der Waals surface area contributed by atoms with E-state index in [1.165, 1.54) is 103 Å². The maximum absolute atomic E-state index is 12.6. The van der Waals surface area contributed by atoms with Gasteiger partial charge in [-0.3, -0.25) is 14.4 Å². The van der Waals surface area contributed by atoms with Crippen molar-refractivity contribution in [3.05, 3.63) is 24.3 Å². The number of ether oxygens (including phenoxy) is 3. The van der Waals surface area contributed by atoms with Gasteiger partial charge in [-0.2, -0.15) is 0 Å². The number of carbonyl (C=O) groups excluding carboxylic acids is 3. The lowest BCUT2D eigenvalue weighted by atomic mass is 10.0. The third-order valence-electron chi connectivity index (χ3n) is 10.6. The van der Waals surface area contributed by atoms with E-state index in [1.807, 2.05) is 26.2 Å². The van der Waals surface area contributed by atoms with Crippen LogP contribution in [0.2, 0.25) is 0 Å². The molecule has 0 saturated heterocycles. The number of unbranched alkanes of at least 4 members (excludes halogenated alkanes) is 24. The molecule has 0 bridgehead atoms. The molecule has 0 aliphatic carbocycles. The Morgan fingerprint density at radius 3 is 1.20 bits per heavy atom. The topological polar surface area (TPSA) is 82.1 Å². The molecule has 7 heteroatoms. The summed E-state index contributed by atoms with van der Waals surface area (Å²) in [4.78, 5) is 38.9. The van der Waals surface area contributed by atoms with E-state index in [0.717, 1.165) is 103 Å². The molecule has 328 valence electrons. The van der Waals surface area contributed by atoms with E-state index in [9.17, 15) is 14.4 Å². The van der Waals surface area contributed by atoms with Gasteiger partial charge in [0, 0.05) is 19.3 Å². The third-order valence-corrected chi connectivity index (χ3v) is 10.6. The van der Waals surface area contributed by atoms with Crippen molar-refractivity contribution in [2.24, 2.45) is 0 Å². The second-order valence-electron chi connectivity index (χ2n) is 16.5. The molecular formula is C49H91NO6. The highest BCUT2D eigenvalue weighted by Crippen LogP contribution is 2.18. The van der Waals surface area contributed by atoms with Crippen LogP contribution in [-0.4, -0.2) is 62.8 Å². The lowest BCUT2D eigenvalue weighted by Crippen LogP contribution is -2.20. The summed E-state index contributed by atoms with van der Waals surface area (Å²) in [6.45, 7) is 6.17. The summed E-state index contributed by atoms with van der Waals surface area (Å²) in [6, 6.07) is 0. The number of allylic oxidation sites excluding steroid dienone is 2. The monoisotopic (exact) mass is 790 g/mol. The summed E-state index contributed by atoms with van der Waals surface area (Å²) in [6.07, 6.45) is 45.8. The van der Waals surface area contributed by atoms with Crippen LogP contribution >= 0.6 is 0 Å². The maximum atomic E-state index is 12.6. The Morgan fingerprint density at radius 2 is 0.786 bits per heavy atom. The predicted octanol–water partition coefficient (Wildman–Crippen LogP) is 14.0. The van der Waals surface area contributed by atoms with E-state index < -0.39 is 0 Å². The highest BCUT2D eigenvalue weighted by atomic mass is 16.5. The average Bonchev–Trinajstić information content (AvgIpc) is 3.17. The standard InChI is InChI=1S/C49H91NO6/c1-5-7-9-11-13-15-17-19-21-29-35-44-54-47(51)40-33-27-23-25-31-38-46(56-49(53)42-37-43-50(3)4)39-32-26-24-28-34-41-48(52)55-45-36-30-22-20-18-16-14-12-10-8-6-2/h29-30,35-36,46H,5-28,31-34,37-45H2,1-4H3. The van der Waals surface area contributed by atoms with Crippen molar-refractivity contribution in [3.63, 3.8) is 0 Å². The van der Waals surface area contributed by atoms with Crippen LogP contribution in [0.15, 0.2) is 24.3 Å². The Labute approximate surface area is 346 Å². The van der Waals surface area contributed by atoms with Gasteiger partial charge in [-0.25, -0.2) is 0 Å². The second kappa shape index (κ2) is 44.0. The van der Waals surface area contributed by atoms with Crippen LogP contribution in [0.1, 0.15) is 232 Å². The minimum atomic E-state index is -0.102. The van der Waals surface area contributed by atoms with Crippen LogP contribution in [0.4, 0.5) is 0 Å². The van der Waals surface area contributed by atoms with E-state index in [-0.39, 0.29) is 24.0 Å². The fourth-order valence-corrected chi connectivity index (χ4v) is 6.98. The molecule has 7 nitrogen and oxygen atoms in total. The van der Waals surface area contributed by atoms with E-state index in [1.54, 1.807) is 0 Å². The molecule has 0 aliphatic heterocycles. The molecular weight excluding hydrogens is 699 g/mol. The molecule has 0 fully saturated rings. The zero-order chi connectivity index (χ0) is 41.0. The molecule has 0 aromatic carbocycles. The van der Waals surface area contributed by atoms with Gasteiger partial charge in [-0.1, -0.05) is 167 Å². The molecule has 0 heterocycles. The van der Waals surface area contributed by atoms with Crippen molar-refractivity contribution >= 4 is 17.9 Å². The molecule has 0 rings (SSSR count). The summed E-state index contributed by atoms with van der Waals surface area (Å²) in [7, 11) is 4.04. The first-order valence-electron chi connectivity index (χ1n) is 23.8. The molecule has 0 spiro atoms. The second-order valence-corrected chi connectivity index (χ2v) is 16.5. The summed E-state index contributed by atoms with van der Waals surface area (Å²) in [5.41, 5.74) is 0. The highest BCUT2D eigenvalue weighted by molar-refractivity contribution is 5.70. The lowest BCUT2D eigenvalue weighted by molar-refractivity contribution is -0.150. The first-order valence-corrected chi connectivity index (χ1v) is 23.8. The predicted molar refractivity (Wildman–Crippen MR) is 237 cm³/mol. The summed E-state index contributed by atoms with van der Waals surface area (Å²) in [5.74, 6) is -0.287. The third kappa shape index (κ3) is 43.0. The maximum Gasteiger partial charge on any atom is 0.306 e. The quantitative estimate of drug-likeness (QED) is 0.0263. The van der Waals surface area contributed by atoms with Crippen LogP contribution < -0.4 is 0 Å². The zero-order valence-corrected chi connectivity index (χ0v) is 37.4. The number of hydrogen-bond donors (Lipinski definition) is 0. The van der Waals surface area contributed by atoms with Crippen LogP contribution in [0.3, 0.4) is 0 Å². The van der Waals surface area contributed by atoms with Gasteiger partial charge in [0.2, 0.25) is 0 Å². The molecule has 56 heavy (non-hydrogen) atoms. The van der Waals surface area contributed by atoms with Crippen molar-refractivity contribution in [1.29, 1.82) is 0 Å². The van der Waals surface area contributed by atoms with Crippen molar-refractivity contribution in [2.45, 2.75) is 238 Å². The smallest absolute Gasteiger partial charge is 0.306 e. The van der Waals surface area contributed by atoms with Crippen molar-refractivity contribution in [2.75, 3.05) is 33.9 Å². The molecule has 0 radical (unpaired) electrons. The SMILES string of the molecule is CCCCCCCCCCC=CCOC(=O)CCCCCCCC(CCCCCCCC(=O)OCC=CCCCCCCCCCC)OC(=O)CCCN(C)C. The van der Waals surface area contributed by atoms with Gasteiger partial charge in [-0.15, -0.1) is 0 Å². The normalized spacial score (nSPS) is 12.2. The Balaban J connectivity index is 4.04. The van der Waals surface area contributed by atoms with Gasteiger partial charge in [0.05, 0.1) is 0 Å². The average molecular weight is 790 g/mol. The molecule has 0 saturated carbocycles.